The Morgan fingerprint density at radius 2 is 1.52 bits per heavy atom. The summed E-state index contributed by atoms with van der Waals surface area (Å²) >= 11 is 0. The molecule has 0 fully saturated rings. The van der Waals surface area contributed by atoms with Crippen molar-refractivity contribution in [2.75, 3.05) is 12.0 Å². The molecule has 122 valence electrons. The molecule has 3 aromatic carbocycles. The molecular formula is C22H17NO2. The zero-order valence-corrected chi connectivity index (χ0v) is 13.8. The van der Waals surface area contributed by atoms with Gasteiger partial charge in [-0.15, -0.1) is 0 Å². The molecule has 0 aliphatic carbocycles. The Labute approximate surface area is 146 Å². The minimum absolute atomic E-state index is 0.0293. The van der Waals surface area contributed by atoms with E-state index >= 15 is 0 Å². The monoisotopic (exact) mass is 327 g/mol. The zero-order valence-electron chi connectivity index (χ0n) is 13.8. The molecule has 4 rings (SSSR count). The highest BCUT2D eigenvalue weighted by molar-refractivity contribution is 6.38. The van der Waals surface area contributed by atoms with Crippen molar-refractivity contribution >= 4 is 28.9 Å². The first-order valence-electron chi connectivity index (χ1n) is 8.13. The van der Waals surface area contributed by atoms with Gasteiger partial charge in [-0.05, 0) is 30.3 Å². The lowest BCUT2D eigenvalue weighted by molar-refractivity contribution is -0.112. The summed E-state index contributed by atoms with van der Waals surface area (Å²) in [6.07, 6.45) is 1.91. The molecule has 25 heavy (non-hydrogen) atoms. The van der Waals surface area contributed by atoms with E-state index in [0.717, 1.165) is 28.3 Å². The number of hydrogen-bond donors (Lipinski definition) is 0. The molecule has 1 heterocycles. The van der Waals surface area contributed by atoms with Crippen molar-refractivity contribution in [2.24, 2.45) is 0 Å². The van der Waals surface area contributed by atoms with E-state index in [4.69, 9.17) is 4.74 Å². The van der Waals surface area contributed by atoms with Gasteiger partial charge in [0.1, 0.15) is 5.75 Å². The van der Waals surface area contributed by atoms with Crippen molar-refractivity contribution in [1.82, 2.24) is 0 Å². The molecule has 0 radical (unpaired) electrons. The summed E-state index contributed by atoms with van der Waals surface area (Å²) in [7, 11) is 1.64. The molecule has 0 saturated carbocycles. The third-order valence-electron chi connectivity index (χ3n) is 4.32. The summed E-state index contributed by atoms with van der Waals surface area (Å²) in [4.78, 5) is 14.9. The first-order chi connectivity index (χ1) is 12.3. The third kappa shape index (κ3) is 2.60. The summed E-state index contributed by atoms with van der Waals surface area (Å²) in [5.74, 6) is 0.719. The lowest BCUT2D eigenvalue weighted by atomic mass is 10.0. The van der Waals surface area contributed by atoms with Crippen molar-refractivity contribution in [3.63, 3.8) is 0 Å². The quantitative estimate of drug-likeness (QED) is 0.639. The van der Waals surface area contributed by atoms with Crippen molar-refractivity contribution in [1.29, 1.82) is 0 Å². The number of para-hydroxylation sites is 3. The standard InChI is InChI=1S/C22H17NO2/c1-25-21-14-8-5-9-16(21)15-19-18-12-6-7-13-20(18)23(22(19)24)17-10-3-2-4-11-17/h2-15H,1H3/b19-15+. The van der Waals surface area contributed by atoms with Crippen LogP contribution in [0.3, 0.4) is 0 Å². The van der Waals surface area contributed by atoms with Crippen molar-refractivity contribution < 1.29 is 9.53 Å². The summed E-state index contributed by atoms with van der Waals surface area (Å²) in [5.41, 5.74) is 4.26. The molecule has 0 atom stereocenters. The highest BCUT2D eigenvalue weighted by Crippen LogP contribution is 2.42. The lowest BCUT2D eigenvalue weighted by Crippen LogP contribution is -2.20. The number of fused-ring (bicyclic) bond motifs is 1. The van der Waals surface area contributed by atoms with Crippen LogP contribution in [0, 0.1) is 0 Å². The van der Waals surface area contributed by atoms with E-state index in [1.165, 1.54) is 0 Å². The predicted octanol–water partition coefficient (Wildman–Crippen LogP) is 4.91. The topological polar surface area (TPSA) is 29.5 Å². The number of anilines is 2. The average Bonchev–Trinajstić information content (AvgIpc) is 2.95. The molecule has 1 aliphatic rings. The van der Waals surface area contributed by atoms with E-state index in [2.05, 4.69) is 0 Å². The summed E-state index contributed by atoms with van der Waals surface area (Å²) in [5, 5.41) is 0. The van der Waals surface area contributed by atoms with E-state index in [1.807, 2.05) is 84.9 Å². The first kappa shape index (κ1) is 15.2. The molecule has 0 spiro atoms. The fraction of sp³-hybridized carbons (Fsp3) is 0.0455. The fourth-order valence-corrected chi connectivity index (χ4v) is 3.16. The molecule has 3 aromatic rings. The zero-order chi connectivity index (χ0) is 17.2. The number of benzene rings is 3. The average molecular weight is 327 g/mol. The maximum absolute atomic E-state index is 13.2. The summed E-state index contributed by atoms with van der Waals surface area (Å²) in [6, 6.07) is 25.3. The predicted molar refractivity (Wildman–Crippen MR) is 101 cm³/mol. The van der Waals surface area contributed by atoms with Gasteiger partial charge < -0.3 is 4.74 Å². The van der Waals surface area contributed by atoms with Crippen LogP contribution in [0.15, 0.2) is 78.9 Å². The molecule has 1 aliphatic heterocycles. The van der Waals surface area contributed by atoms with Crippen LogP contribution in [0.1, 0.15) is 11.1 Å². The van der Waals surface area contributed by atoms with Crippen LogP contribution in [-0.2, 0) is 4.79 Å². The Morgan fingerprint density at radius 3 is 2.32 bits per heavy atom. The molecule has 1 amide bonds. The van der Waals surface area contributed by atoms with Crippen LogP contribution >= 0.6 is 0 Å². The lowest BCUT2D eigenvalue weighted by Gasteiger charge is -2.16. The van der Waals surface area contributed by atoms with E-state index in [9.17, 15) is 4.79 Å². The van der Waals surface area contributed by atoms with Gasteiger partial charge in [0.25, 0.3) is 5.91 Å². The maximum Gasteiger partial charge on any atom is 0.263 e. The number of ether oxygens (including phenoxy) is 1. The van der Waals surface area contributed by atoms with Crippen LogP contribution in [-0.4, -0.2) is 13.0 Å². The van der Waals surface area contributed by atoms with Gasteiger partial charge in [-0.3, -0.25) is 9.69 Å². The van der Waals surface area contributed by atoms with Gasteiger partial charge in [0.15, 0.2) is 0 Å². The second-order valence-corrected chi connectivity index (χ2v) is 5.79. The maximum atomic E-state index is 13.2. The number of methoxy groups -OCH3 is 1. The van der Waals surface area contributed by atoms with Gasteiger partial charge in [0.2, 0.25) is 0 Å². The first-order valence-corrected chi connectivity index (χ1v) is 8.13. The van der Waals surface area contributed by atoms with E-state index in [1.54, 1.807) is 12.0 Å². The van der Waals surface area contributed by atoms with Gasteiger partial charge in [-0.1, -0.05) is 54.6 Å². The minimum Gasteiger partial charge on any atom is -0.496 e. The molecular weight excluding hydrogens is 310 g/mol. The Morgan fingerprint density at radius 1 is 0.840 bits per heavy atom. The van der Waals surface area contributed by atoms with Crippen LogP contribution in [0.25, 0.3) is 11.6 Å². The van der Waals surface area contributed by atoms with Crippen LogP contribution in [0.2, 0.25) is 0 Å². The van der Waals surface area contributed by atoms with E-state index < -0.39 is 0 Å². The molecule has 0 unspecified atom stereocenters. The molecule has 3 heteroatoms. The molecule has 0 bridgehead atoms. The highest BCUT2D eigenvalue weighted by Gasteiger charge is 2.33. The molecule has 0 N–H and O–H groups in total. The smallest absolute Gasteiger partial charge is 0.263 e. The van der Waals surface area contributed by atoms with Gasteiger partial charge in [-0.25, -0.2) is 0 Å². The fourth-order valence-electron chi connectivity index (χ4n) is 3.16. The number of carbonyl (C=O) groups excluding carboxylic acids is 1. The second-order valence-electron chi connectivity index (χ2n) is 5.79. The molecule has 3 nitrogen and oxygen atoms in total. The van der Waals surface area contributed by atoms with Crippen molar-refractivity contribution in [3.8, 4) is 5.75 Å². The minimum atomic E-state index is -0.0293. The van der Waals surface area contributed by atoms with Gasteiger partial charge in [-0.2, -0.15) is 0 Å². The van der Waals surface area contributed by atoms with E-state index in [-0.39, 0.29) is 5.91 Å². The second kappa shape index (κ2) is 6.29. The Balaban J connectivity index is 1.88. The third-order valence-corrected chi connectivity index (χ3v) is 4.32. The summed E-state index contributed by atoms with van der Waals surface area (Å²) in [6.45, 7) is 0. The number of amides is 1. The van der Waals surface area contributed by atoms with Gasteiger partial charge in [0.05, 0.1) is 18.4 Å². The van der Waals surface area contributed by atoms with Crippen molar-refractivity contribution in [3.05, 3.63) is 90.0 Å². The van der Waals surface area contributed by atoms with Gasteiger partial charge >= 0.3 is 0 Å². The molecule has 0 saturated heterocycles. The largest absolute Gasteiger partial charge is 0.496 e. The SMILES string of the molecule is COc1ccccc1/C=C1/C(=O)N(c2ccccc2)c2ccccc21. The Bertz CT molecular complexity index is 961. The normalized spacial score (nSPS) is 14.7. The Kier molecular flexibility index (Phi) is 3.82. The van der Waals surface area contributed by atoms with Gasteiger partial charge in [0, 0.05) is 16.8 Å². The molecule has 0 aromatic heterocycles. The van der Waals surface area contributed by atoms with Crippen molar-refractivity contribution in [2.45, 2.75) is 0 Å². The number of hydrogen-bond acceptors (Lipinski definition) is 2. The number of nitrogens with zero attached hydrogens (tertiary/aromatic N) is 1. The number of carbonyl (C=O) groups is 1. The summed E-state index contributed by atoms with van der Waals surface area (Å²) < 4.78 is 5.42. The van der Waals surface area contributed by atoms with E-state index in [0.29, 0.717) is 5.57 Å². The van der Waals surface area contributed by atoms with Crippen LogP contribution in [0.4, 0.5) is 11.4 Å². The highest BCUT2D eigenvalue weighted by atomic mass is 16.5. The Hall–Kier alpha value is -3.33. The van der Waals surface area contributed by atoms with Crippen LogP contribution in [0.5, 0.6) is 5.75 Å². The number of rotatable bonds is 3. The van der Waals surface area contributed by atoms with Crippen LogP contribution < -0.4 is 9.64 Å².